The second-order valence-electron chi connectivity index (χ2n) is 6.53. The van der Waals surface area contributed by atoms with Crippen LogP contribution in [0.2, 0.25) is 0 Å². The summed E-state index contributed by atoms with van der Waals surface area (Å²) in [4.78, 5) is 12.6. The number of aromatic amines is 1. The lowest BCUT2D eigenvalue weighted by Gasteiger charge is -2.16. The van der Waals surface area contributed by atoms with Crippen LogP contribution in [0.15, 0.2) is 24.4 Å². The van der Waals surface area contributed by atoms with E-state index in [0.29, 0.717) is 28.0 Å². The fourth-order valence-electron chi connectivity index (χ4n) is 2.47. The number of hydrogen-bond donors (Lipinski definition) is 2. The molecule has 0 radical (unpaired) electrons. The Bertz CT molecular complexity index is 888. The summed E-state index contributed by atoms with van der Waals surface area (Å²) in [7, 11) is 1.77. The molecular weight excluding hydrogens is 297 g/mol. The van der Waals surface area contributed by atoms with Crippen molar-refractivity contribution < 1.29 is 9.18 Å². The maximum Gasteiger partial charge on any atom is 0.260 e. The molecule has 0 spiro atoms. The number of carbonyl (C=O) groups excluding carboxylic acids is 1. The predicted octanol–water partition coefficient (Wildman–Crippen LogP) is 2.99. The van der Waals surface area contributed by atoms with Crippen LogP contribution < -0.4 is 5.32 Å². The summed E-state index contributed by atoms with van der Waals surface area (Å²) >= 11 is 0. The van der Waals surface area contributed by atoms with Crippen molar-refractivity contribution in [2.75, 3.05) is 5.32 Å². The van der Waals surface area contributed by atoms with E-state index in [-0.39, 0.29) is 17.1 Å². The fraction of sp³-hybridized carbons (Fsp3) is 0.312. The van der Waals surface area contributed by atoms with Crippen molar-refractivity contribution in [1.29, 1.82) is 0 Å². The van der Waals surface area contributed by atoms with Gasteiger partial charge in [0.25, 0.3) is 5.91 Å². The third-order valence-corrected chi connectivity index (χ3v) is 3.54. The summed E-state index contributed by atoms with van der Waals surface area (Å²) in [6.45, 7) is 5.97. The van der Waals surface area contributed by atoms with Crippen molar-refractivity contribution in [2.24, 2.45) is 7.05 Å². The number of fused-ring (bicyclic) bond motifs is 1. The normalized spacial score (nSPS) is 11.9. The molecule has 7 heteroatoms. The number of amides is 1. The van der Waals surface area contributed by atoms with E-state index < -0.39 is 0 Å². The molecule has 0 bridgehead atoms. The summed E-state index contributed by atoms with van der Waals surface area (Å²) < 4.78 is 15.0. The predicted molar refractivity (Wildman–Crippen MR) is 85.9 cm³/mol. The largest absolute Gasteiger partial charge is 0.304 e. The highest BCUT2D eigenvalue weighted by Crippen LogP contribution is 2.26. The molecule has 0 aliphatic carbocycles. The van der Waals surface area contributed by atoms with Gasteiger partial charge in [0.1, 0.15) is 5.82 Å². The first-order chi connectivity index (χ1) is 10.8. The van der Waals surface area contributed by atoms with Crippen molar-refractivity contribution in [3.05, 3.63) is 41.5 Å². The Morgan fingerprint density at radius 3 is 2.78 bits per heavy atom. The van der Waals surface area contributed by atoms with Crippen molar-refractivity contribution >= 4 is 22.6 Å². The van der Waals surface area contributed by atoms with Crippen molar-refractivity contribution in [3.63, 3.8) is 0 Å². The van der Waals surface area contributed by atoms with Crippen LogP contribution in [0.4, 0.5) is 10.2 Å². The van der Waals surface area contributed by atoms with Gasteiger partial charge in [0, 0.05) is 24.0 Å². The van der Waals surface area contributed by atoms with Gasteiger partial charge in [0.15, 0.2) is 5.82 Å². The molecule has 3 aromatic rings. The topological polar surface area (TPSA) is 75.6 Å². The zero-order chi connectivity index (χ0) is 16.8. The van der Waals surface area contributed by atoms with Gasteiger partial charge in [-0.3, -0.25) is 14.6 Å². The highest BCUT2D eigenvalue weighted by molar-refractivity contribution is 6.08. The van der Waals surface area contributed by atoms with Crippen molar-refractivity contribution in [3.8, 4) is 0 Å². The number of nitrogens with one attached hydrogen (secondary N) is 2. The number of carbonyl (C=O) groups is 1. The van der Waals surface area contributed by atoms with E-state index in [9.17, 15) is 9.18 Å². The van der Waals surface area contributed by atoms with E-state index in [2.05, 4.69) is 20.6 Å². The average Bonchev–Trinajstić information content (AvgIpc) is 3.02. The van der Waals surface area contributed by atoms with Gasteiger partial charge in [-0.1, -0.05) is 20.8 Å². The minimum absolute atomic E-state index is 0.270. The number of aromatic nitrogens is 4. The Labute approximate surface area is 132 Å². The Kier molecular flexibility index (Phi) is 3.43. The monoisotopic (exact) mass is 315 g/mol. The second kappa shape index (κ2) is 5.19. The average molecular weight is 315 g/mol. The minimum Gasteiger partial charge on any atom is -0.304 e. The standard InChI is InChI=1S/C16H18FN5O/c1-16(2,3)13-11(8-22(4)21-13)15(23)18-14-10-7-9(17)5-6-12(10)19-20-14/h5-8H,1-4H3,(H2,18,19,20,23). The summed E-state index contributed by atoms with van der Waals surface area (Å²) in [6, 6.07) is 4.26. The molecular formula is C16H18FN5O. The first-order valence-electron chi connectivity index (χ1n) is 7.25. The number of anilines is 1. The lowest BCUT2D eigenvalue weighted by Crippen LogP contribution is -2.20. The molecule has 0 saturated carbocycles. The van der Waals surface area contributed by atoms with E-state index in [1.807, 2.05) is 20.8 Å². The third-order valence-electron chi connectivity index (χ3n) is 3.54. The SMILES string of the molecule is Cn1cc(C(=O)Nc2n[nH]c3ccc(F)cc23)c(C(C)(C)C)n1. The summed E-state index contributed by atoms with van der Waals surface area (Å²) in [5.41, 5.74) is 1.56. The van der Waals surface area contributed by atoms with Gasteiger partial charge in [-0.15, -0.1) is 0 Å². The Morgan fingerprint density at radius 1 is 1.35 bits per heavy atom. The van der Waals surface area contributed by atoms with Crippen LogP contribution in [0, 0.1) is 5.82 Å². The number of H-pyrrole nitrogens is 1. The molecule has 0 unspecified atom stereocenters. The van der Waals surface area contributed by atoms with Gasteiger partial charge < -0.3 is 5.32 Å². The number of nitrogens with zero attached hydrogens (tertiary/aromatic N) is 3. The fourth-order valence-corrected chi connectivity index (χ4v) is 2.47. The number of halogens is 1. The van der Waals surface area contributed by atoms with Gasteiger partial charge >= 0.3 is 0 Å². The van der Waals surface area contributed by atoms with Gasteiger partial charge in [-0.25, -0.2) is 4.39 Å². The van der Waals surface area contributed by atoms with Crippen molar-refractivity contribution in [2.45, 2.75) is 26.2 Å². The van der Waals surface area contributed by atoms with E-state index in [1.165, 1.54) is 12.1 Å². The van der Waals surface area contributed by atoms with E-state index in [4.69, 9.17) is 0 Å². The van der Waals surface area contributed by atoms with Crippen LogP contribution in [-0.2, 0) is 12.5 Å². The molecule has 0 aliphatic rings. The van der Waals surface area contributed by atoms with Gasteiger partial charge in [-0.05, 0) is 18.2 Å². The van der Waals surface area contributed by atoms with Crippen LogP contribution in [0.3, 0.4) is 0 Å². The lowest BCUT2D eigenvalue weighted by atomic mass is 9.89. The molecule has 2 aromatic heterocycles. The maximum atomic E-state index is 13.4. The lowest BCUT2D eigenvalue weighted by molar-refractivity contribution is 0.102. The van der Waals surface area contributed by atoms with Crippen LogP contribution >= 0.6 is 0 Å². The smallest absolute Gasteiger partial charge is 0.260 e. The van der Waals surface area contributed by atoms with Crippen LogP contribution in [0.5, 0.6) is 0 Å². The summed E-state index contributed by atoms with van der Waals surface area (Å²) in [6.07, 6.45) is 1.67. The molecule has 120 valence electrons. The molecule has 1 aromatic carbocycles. The number of hydrogen-bond acceptors (Lipinski definition) is 3. The van der Waals surface area contributed by atoms with E-state index >= 15 is 0 Å². The highest BCUT2D eigenvalue weighted by Gasteiger charge is 2.26. The molecule has 1 amide bonds. The molecule has 0 atom stereocenters. The van der Waals surface area contributed by atoms with E-state index in [0.717, 1.165) is 0 Å². The van der Waals surface area contributed by atoms with Gasteiger partial charge in [0.2, 0.25) is 0 Å². The molecule has 2 heterocycles. The second-order valence-corrected chi connectivity index (χ2v) is 6.53. The molecule has 0 saturated heterocycles. The van der Waals surface area contributed by atoms with Crippen LogP contribution in [-0.4, -0.2) is 25.9 Å². The molecule has 0 aliphatic heterocycles. The highest BCUT2D eigenvalue weighted by atomic mass is 19.1. The Hall–Kier alpha value is -2.70. The molecule has 6 nitrogen and oxygen atoms in total. The summed E-state index contributed by atoms with van der Waals surface area (Å²) in [5.74, 6) is -0.403. The minimum atomic E-state index is -0.383. The molecule has 0 fully saturated rings. The first kappa shape index (κ1) is 15.2. The van der Waals surface area contributed by atoms with Gasteiger partial charge in [-0.2, -0.15) is 10.2 Å². The molecule has 23 heavy (non-hydrogen) atoms. The van der Waals surface area contributed by atoms with E-state index in [1.54, 1.807) is 24.0 Å². The zero-order valence-electron chi connectivity index (χ0n) is 13.4. The van der Waals surface area contributed by atoms with Crippen LogP contribution in [0.25, 0.3) is 10.9 Å². The third kappa shape index (κ3) is 2.81. The number of aryl methyl sites for hydroxylation is 1. The maximum absolute atomic E-state index is 13.4. The number of rotatable bonds is 2. The quantitative estimate of drug-likeness (QED) is 0.763. The summed E-state index contributed by atoms with van der Waals surface area (Å²) in [5, 5.41) is 14.5. The Morgan fingerprint density at radius 2 is 2.09 bits per heavy atom. The first-order valence-corrected chi connectivity index (χ1v) is 7.25. The van der Waals surface area contributed by atoms with Crippen molar-refractivity contribution in [1.82, 2.24) is 20.0 Å². The molecule has 2 N–H and O–H groups in total. The molecule has 3 rings (SSSR count). The number of benzene rings is 1. The van der Waals surface area contributed by atoms with Crippen LogP contribution in [0.1, 0.15) is 36.8 Å². The Balaban J connectivity index is 1.97. The zero-order valence-corrected chi connectivity index (χ0v) is 13.4. The van der Waals surface area contributed by atoms with Gasteiger partial charge in [0.05, 0.1) is 16.8 Å².